The highest BCUT2D eigenvalue weighted by atomic mass is 35.5. The lowest BCUT2D eigenvalue weighted by atomic mass is 10.1. The zero-order chi connectivity index (χ0) is 16.1. The van der Waals surface area contributed by atoms with Crippen LogP contribution in [-0.2, 0) is 0 Å². The Morgan fingerprint density at radius 1 is 1.23 bits per heavy atom. The standard InChI is InChI=1S/C16H15ClN2O3/c1-10(14-9-12(17)5-8-15(14)20)18-19-16(21)11-3-6-13(22-2)7-4-11/h3-9,20H,1-2H3,(H,19,21). The Balaban J connectivity index is 2.12. The van der Waals surface area contributed by atoms with Crippen LogP contribution in [0, 0.1) is 0 Å². The maximum Gasteiger partial charge on any atom is 0.271 e. The van der Waals surface area contributed by atoms with Crippen LogP contribution in [0.2, 0.25) is 5.02 Å². The van der Waals surface area contributed by atoms with Crippen LogP contribution in [0.5, 0.6) is 11.5 Å². The number of halogens is 1. The minimum absolute atomic E-state index is 0.0457. The van der Waals surface area contributed by atoms with Crippen LogP contribution in [-0.4, -0.2) is 23.8 Å². The second kappa shape index (κ2) is 6.95. The number of carbonyl (C=O) groups is 1. The summed E-state index contributed by atoms with van der Waals surface area (Å²) in [4.78, 5) is 12.0. The first-order valence-corrected chi connectivity index (χ1v) is 6.86. The van der Waals surface area contributed by atoms with Crippen molar-refractivity contribution in [1.29, 1.82) is 0 Å². The van der Waals surface area contributed by atoms with Crippen LogP contribution in [0.3, 0.4) is 0 Å². The Morgan fingerprint density at radius 3 is 2.55 bits per heavy atom. The molecule has 0 unspecified atom stereocenters. The molecule has 0 radical (unpaired) electrons. The molecule has 0 aromatic heterocycles. The van der Waals surface area contributed by atoms with Crippen molar-refractivity contribution in [3.8, 4) is 11.5 Å². The van der Waals surface area contributed by atoms with E-state index in [0.717, 1.165) is 0 Å². The monoisotopic (exact) mass is 318 g/mol. The predicted octanol–water partition coefficient (Wildman–Crippen LogP) is 3.21. The zero-order valence-corrected chi connectivity index (χ0v) is 12.9. The van der Waals surface area contributed by atoms with Gasteiger partial charge in [0.25, 0.3) is 5.91 Å². The second-order valence-electron chi connectivity index (χ2n) is 4.53. The fourth-order valence-electron chi connectivity index (χ4n) is 1.80. The molecule has 0 spiro atoms. The zero-order valence-electron chi connectivity index (χ0n) is 12.1. The molecular formula is C16H15ClN2O3. The smallest absolute Gasteiger partial charge is 0.271 e. The summed E-state index contributed by atoms with van der Waals surface area (Å²) in [5.41, 5.74) is 3.79. The number of nitrogens with zero attached hydrogens (tertiary/aromatic N) is 1. The Kier molecular flexibility index (Phi) is 5.01. The van der Waals surface area contributed by atoms with Crippen LogP contribution in [0.15, 0.2) is 47.6 Å². The van der Waals surface area contributed by atoms with E-state index in [2.05, 4.69) is 10.5 Å². The topological polar surface area (TPSA) is 70.9 Å². The number of nitrogens with one attached hydrogen (secondary N) is 1. The van der Waals surface area contributed by atoms with E-state index in [1.807, 2.05) is 0 Å². The largest absolute Gasteiger partial charge is 0.507 e. The molecule has 0 saturated carbocycles. The van der Waals surface area contributed by atoms with Crippen molar-refractivity contribution in [2.75, 3.05) is 7.11 Å². The first kappa shape index (κ1) is 15.9. The maximum absolute atomic E-state index is 12.0. The van der Waals surface area contributed by atoms with Gasteiger partial charge in [0.15, 0.2) is 0 Å². The molecule has 5 nitrogen and oxygen atoms in total. The van der Waals surface area contributed by atoms with Crippen LogP contribution < -0.4 is 10.2 Å². The van der Waals surface area contributed by atoms with Gasteiger partial charge in [0.1, 0.15) is 11.5 Å². The first-order chi connectivity index (χ1) is 10.5. The summed E-state index contributed by atoms with van der Waals surface area (Å²) in [5.74, 6) is 0.355. The second-order valence-corrected chi connectivity index (χ2v) is 4.96. The Labute approximate surface area is 133 Å². The molecule has 0 saturated heterocycles. The van der Waals surface area contributed by atoms with Crippen molar-refractivity contribution < 1.29 is 14.6 Å². The molecule has 114 valence electrons. The van der Waals surface area contributed by atoms with Gasteiger partial charge in [0.05, 0.1) is 12.8 Å². The molecule has 22 heavy (non-hydrogen) atoms. The summed E-state index contributed by atoms with van der Waals surface area (Å²) >= 11 is 5.88. The van der Waals surface area contributed by atoms with Gasteiger partial charge in [-0.3, -0.25) is 4.79 Å². The normalized spacial score (nSPS) is 11.1. The van der Waals surface area contributed by atoms with Gasteiger partial charge < -0.3 is 9.84 Å². The van der Waals surface area contributed by atoms with Crippen molar-refractivity contribution in [2.24, 2.45) is 5.10 Å². The van der Waals surface area contributed by atoms with Crippen molar-refractivity contribution >= 4 is 23.2 Å². The Bertz CT molecular complexity index is 712. The molecule has 2 aromatic rings. The molecule has 0 fully saturated rings. The number of carbonyl (C=O) groups excluding carboxylic acids is 1. The minimum atomic E-state index is -0.358. The molecule has 0 aliphatic carbocycles. The average Bonchev–Trinajstić information content (AvgIpc) is 2.54. The van der Waals surface area contributed by atoms with Crippen LogP contribution in [0.4, 0.5) is 0 Å². The third-order valence-electron chi connectivity index (χ3n) is 3.03. The Morgan fingerprint density at radius 2 is 1.91 bits per heavy atom. The van der Waals surface area contributed by atoms with Crippen molar-refractivity contribution in [3.63, 3.8) is 0 Å². The summed E-state index contributed by atoms with van der Waals surface area (Å²) in [6.07, 6.45) is 0. The van der Waals surface area contributed by atoms with Gasteiger partial charge in [0, 0.05) is 16.1 Å². The summed E-state index contributed by atoms with van der Waals surface area (Å²) in [7, 11) is 1.56. The molecule has 0 aliphatic rings. The highest BCUT2D eigenvalue weighted by Gasteiger charge is 2.08. The number of rotatable bonds is 4. The highest BCUT2D eigenvalue weighted by molar-refractivity contribution is 6.31. The lowest BCUT2D eigenvalue weighted by molar-refractivity contribution is 0.0955. The van der Waals surface area contributed by atoms with E-state index in [9.17, 15) is 9.90 Å². The third-order valence-corrected chi connectivity index (χ3v) is 3.26. The van der Waals surface area contributed by atoms with Crippen LogP contribution in [0.1, 0.15) is 22.8 Å². The lowest BCUT2D eigenvalue weighted by Crippen LogP contribution is -2.19. The minimum Gasteiger partial charge on any atom is -0.507 e. The van der Waals surface area contributed by atoms with Gasteiger partial charge >= 0.3 is 0 Å². The molecular weight excluding hydrogens is 304 g/mol. The molecule has 0 aliphatic heterocycles. The van der Waals surface area contributed by atoms with Crippen LogP contribution in [0.25, 0.3) is 0 Å². The number of hydrogen-bond acceptors (Lipinski definition) is 4. The van der Waals surface area contributed by atoms with E-state index in [0.29, 0.717) is 27.6 Å². The third kappa shape index (κ3) is 3.77. The number of hydrogen-bond donors (Lipinski definition) is 2. The lowest BCUT2D eigenvalue weighted by Gasteiger charge is -2.06. The molecule has 0 atom stereocenters. The maximum atomic E-state index is 12.0. The number of benzene rings is 2. The first-order valence-electron chi connectivity index (χ1n) is 6.49. The molecule has 6 heteroatoms. The number of methoxy groups -OCH3 is 1. The van der Waals surface area contributed by atoms with Crippen LogP contribution >= 0.6 is 11.6 Å². The molecule has 0 heterocycles. The van der Waals surface area contributed by atoms with Crippen molar-refractivity contribution in [3.05, 3.63) is 58.6 Å². The number of amides is 1. The average molecular weight is 319 g/mol. The quantitative estimate of drug-likeness (QED) is 0.671. The summed E-state index contributed by atoms with van der Waals surface area (Å²) in [5, 5.41) is 14.2. The fourth-order valence-corrected chi connectivity index (χ4v) is 1.97. The number of aromatic hydroxyl groups is 1. The van der Waals surface area contributed by atoms with E-state index < -0.39 is 0 Å². The summed E-state index contributed by atoms with van der Waals surface area (Å²) < 4.78 is 5.03. The van der Waals surface area contributed by atoms with E-state index in [1.54, 1.807) is 50.4 Å². The summed E-state index contributed by atoms with van der Waals surface area (Å²) in [6, 6.07) is 11.3. The van der Waals surface area contributed by atoms with Crippen molar-refractivity contribution in [1.82, 2.24) is 5.43 Å². The number of hydrazone groups is 1. The molecule has 1 amide bonds. The number of ether oxygens (including phenoxy) is 1. The summed E-state index contributed by atoms with van der Waals surface area (Å²) in [6.45, 7) is 1.67. The molecule has 2 rings (SSSR count). The van der Waals surface area contributed by atoms with Gasteiger partial charge in [-0.05, 0) is 49.4 Å². The van der Waals surface area contributed by atoms with Gasteiger partial charge in [-0.2, -0.15) is 5.10 Å². The fraction of sp³-hybridized carbons (Fsp3) is 0.125. The van der Waals surface area contributed by atoms with Gasteiger partial charge in [0.2, 0.25) is 0 Å². The van der Waals surface area contributed by atoms with Gasteiger partial charge in [-0.15, -0.1) is 0 Å². The number of phenolic OH excluding ortho intramolecular Hbond substituents is 1. The molecule has 2 aromatic carbocycles. The van der Waals surface area contributed by atoms with Gasteiger partial charge in [-0.25, -0.2) is 5.43 Å². The van der Waals surface area contributed by atoms with Crippen molar-refractivity contribution in [2.45, 2.75) is 6.92 Å². The molecule has 0 bridgehead atoms. The predicted molar refractivity (Wildman–Crippen MR) is 85.8 cm³/mol. The van der Waals surface area contributed by atoms with E-state index in [4.69, 9.17) is 16.3 Å². The van der Waals surface area contributed by atoms with E-state index >= 15 is 0 Å². The Hall–Kier alpha value is -2.53. The molecule has 2 N–H and O–H groups in total. The van der Waals surface area contributed by atoms with Gasteiger partial charge in [-0.1, -0.05) is 11.6 Å². The number of phenols is 1. The SMILES string of the molecule is COc1ccc(C(=O)NN=C(C)c2cc(Cl)ccc2O)cc1. The van der Waals surface area contributed by atoms with E-state index in [-0.39, 0.29) is 11.7 Å². The van der Waals surface area contributed by atoms with E-state index in [1.165, 1.54) is 6.07 Å². The highest BCUT2D eigenvalue weighted by Crippen LogP contribution is 2.22.